The molecule has 4 aliphatic rings. The summed E-state index contributed by atoms with van der Waals surface area (Å²) >= 11 is 0. The van der Waals surface area contributed by atoms with E-state index in [1.807, 2.05) is 33.4 Å². The van der Waals surface area contributed by atoms with E-state index >= 15 is 0 Å². The Balaban J connectivity index is 0.000000181. The molecule has 0 bridgehead atoms. The molecule has 14 nitrogen and oxygen atoms in total. The minimum absolute atomic E-state index is 0.0722. The van der Waals surface area contributed by atoms with Crippen molar-refractivity contribution in [2.75, 3.05) is 53.9 Å². The Kier molecular flexibility index (Phi) is 13.3. The SMILES string of the molecule is CC[C@@H]1Cc2cc(OCC3CCOCC3)c(OC)cc2-c2cc(=O)c(C(=O)O)cn21.CC[C@H]1Cc2cc(OCC3CCOCC3)c(OC)cc2-c2cc(=O)c(C(=O)O)cn21. The van der Waals surface area contributed by atoms with Crippen LogP contribution in [0, 0.1) is 11.8 Å². The Morgan fingerprint density at radius 2 is 1.00 bits per heavy atom. The summed E-state index contributed by atoms with van der Waals surface area (Å²) in [7, 11) is 3.20. The zero-order valence-electron chi connectivity index (χ0n) is 34.7. The van der Waals surface area contributed by atoms with E-state index in [0.717, 1.165) is 100 Å². The van der Waals surface area contributed by atoms with E-state index in [0.29, 0.717) is 59.4 Å². The molecule has 2 aromatic heterocycles. The van der Waals surface area contributed by atoms with Crippen molar-refractivity contribution in [2.24, 2.45) is 11.8 Å². The van der Waals surface area contributed by atoms with Crippen molar-refractivity contribution >= 4 is 11.9 Å². The fourth-order valence-electron chi connectivity index (χ4n) is 8.65. The highest BCUT2D eigenvalue weighted by Crippen LogP contribution is 2.43. The smallest absolute Gasteiger partial charge is 0.341 e. The summed E-state index contributed by atoms with van der Waals surface area (Å²) < 4.78 is 38.1. The summed E-state index contributed by atoms with van der Waals surface area (Å²) in [5.74, 6) is 1.16. The lowest BCUT2D eigenvalue weighted by molar-refractivity contribution is 0.0493. The quantitative estimate of drug-likeness (QED) is 0.149. The van der Waals surface area contributed by atoms with Gasteiger partial charge in [-0.1, -0.05) is 13.8 Å². The molecule has 0 radical (unpaired) electrons. The molecular weight excluding hydrogens is 773 g/mol. The molecule has 0 amide bonds. The number of fused-ring (bicyclic) bond motifs is 6. The van der Waals surface area contributed by atoms with Gasteiger partial charge in [-0.25, -0.2) is 9.59 Å². The van der Waals surface area contributed by atoms with Crippen LogP contribution in [0.2, 0.25) is 0 Å². The van der Waals surface area contributed by atoms with Crippen molar-refractivity contribution < 1.29 is 48.2 Å². The molecule has 2 aromatic carbocycles. The molecule has 14 heteroatoms. The van der Waals surface area contributed by atoms with E-state index in [1.165, 1.54) is 24.5 Å². The van der Waals surface area contributed by atoms with Crippen LogP contribution in [0.1, 0.15) is 96.3 Å². The molecule has 8 rings (SSSR count). The fraction of sp³-hybridized carbons (Fsp3) is 0.478. The number of hydrogen-bond donors (Lipinski definition) is 2. The molecule has 0 spiro atoms. The van der Waals surface area contributed by atoms with Crippen LogP contribution >= 0.6 is 0 Å². The summed E-state index contributed by atoms with van der Waals surface area (Å²) in [5, 5.41) is 18.7. The second-order valence-electron chi connectivity index (χ2n) is 15.9. The maximum Gasteiger partial charge on any atom is 0.341 e. The van der Waals surface area contributed by atoms with E-state index in [-0.39, 0.29) is 23.2 Å². The molecular formula is C46H54N2O12. The van der Waals surface area contributed by atoms with E-state index in [2.05, 4.69) is 13.8 Å². The van der Waals surface area contributed by atoms with Gasteiger partial charge < -0.3 is 47.8 Å². The number of rotatable bonds is 12. The third-order valence-electron chi connectivity index (χ3n) is 12.2. The Bertz CT molecular complexity index is 2170. The molecule has 4 aromatic rings. The monoisotopic (exact) mass is 826 g/mol. The number of ether oxygens (including phenoxy) is 6. The average molecular weight is 827 g/mol. The van der Waals surface area contributed by atoms with Gasteiger partial charge in [-0.05, 0) is 98.6 Å². The van der Waals surface area contributed by atoms with E-state index in [4.69, 9.17) is 28.4 Å². The van der Waals surface area contributed by atoms with Crippen LogP contribution in [0.3, 0.4) is 0 Å². The topological polar surface area (TPSA) is 174 Å². The van der Waals surface area contributed by atoms with Crippen molar-refractivity contribution in [2.45, 2.75) is 77.3 Å². The highest BCUT2D eigenvalue weighted by Gasteiger charge is 2.29. The van der Waals surface area contributed by atoms with Crippen LogP contribution in [0.5, 0.6) is 23.0 Å². The fourth-order valence-corrected chi connectivity index (χ4v) is 8.65. The minimum atomic E-state index is -1.20. The maximum absolute atomic E-state index is 12.4. The van der Waals surface area contributed by atoms with Crippen LogP contribution < -0.4 is 29.8 Å². The summed E-state index contributed by atoms with van der Waals surface area (Å²) in [6, 6.07) is 10.8. The van der Waals surface area contributed by atoms with Crippen LogP contribution in [0.4, 0.5) is 0 Å². The zero-order valence-corrected chi connectivity index (χ0v) is 34.7. The first kappa shape index (κ1) is 42.5. The molecule has 60 heavy (non-hydrogen) atoms. The lowest BCUT2D eigenvalue weighted by Crippen LogP contribution is -2.25. The highest BCUT2D eigenvalue weighted by molar-refractivity contribution is 5.88. The van der Waals surface area contributed by atoms with E-state index in [9.17, 15) is 29.4 Å². The number of benzene rings is 2. The normalized spacial score (nSPS) is 18.4. The zero-order chi connectivity index (χ0) is 42.5. The number of nitrogens with zero attached hydrogens (tertiary/aromatic N) is 2. The van der Waals surface area contributed by atoms with Gasteiger partial charge in [-0.2, -0.15) is 0 Å². The molecule has 0 aliphatic carbocycles. The first-order chi connectivity index (χ1) is 29.0. The molecule has 2 fully saturated rings. The van der Waals surface area contributed by atoms with Gasteiger partial charge in [0.2, 0.25) is 0 Å². The van der Waals surface area contributed by atoms with Crippen molar-refractivity contribution in [3.63, 3.8) is 0 Å². The Morgan fingerprint density at radius 1 is 0.617 bits per heavy atom. The van der Waals surface area contributed by atoms with Gasteiger partial charge in [0, 0.05) is 74.2 Å². The van der Waals surface area contributed by atoms with E-state index in [1.54, 1.807) is 14.2 Å². The van der Waals surface area contributed by atoms with Gasteiger partial charge in [-0.15, -0.1) is 0 Å². The second kappa shape index (κ2) is 18.8. The predicted octanol–water partition coefficient (Wildman–Crippen LogP) is 7.07. The van der Waals surface area contributed by atoms with Gasteiger partial charge in [0.05, 0.1) is 38.8 Å². The number of aromatic nitrogens is 2. The van der Waals surface area contributed by atoms with Crippen molar-refractivity contribution in [3.8, 4) is 45.5 Å². The number of methoxy groups -OCH3 is 2. The Labute approximate surface area is 348 Å². The number of carboxylic acids is 2. The number of hydrogen-bond acceptors (Lipinski definition) is 10. The summed E-state index contributed by atoms with van der Waals surface area (Å²) in [6.45, 7) is 8.46. The van der Waals surface area contributed by atoms with Gasteiger partial charge >= 0.3 is 11.9 Å². The summed E-state index contributed by atoms with van der Waals surface area (Å²) in [6.07, 6.45) is 10.0. The Hall–Kier alpha value is -5.60. The molecule has 0 unspecified atom stereocenters. The summed E-state index contributed by atoms with van der Waals surface area (Å²) in [4.78, 5) is 47.6. The lowest BCUT2D eigenvalue weighted by atomic mass is 9.90. The number of aromatic carboxylic acids is 2. The standard InChI is InChI=1S/2C23H27NO6/c2*1-3-16-8-15-9-22(30-13-14-4-6-29-7-5-14)21(28-2)10-17(15)19-11-20(25)18(23(26)27)12-24(16)19/h2*9-12,14,16H,3-8,13H2,1-2H3,(H,26,27)/t2*16-/m10/s1. The number of pyridine rings is 2. The minimum Gasteiger partial charge on any atom is -0.493 e. The largest absolute Gasteiger partial charge is 0.493 e. The van der Waals surface area contributed by atoms with Crippen LogP contribution in [-0.4, -0.2) is 85.1 Å². The van der Waals surface area contributed by atoms with Crippen molar-refractivity contribution in [1.82, 2.24) is 9.13 Å². The van der Waals surface area contributed by atoms with Gasteiger partial charge in [0.15, 0.2) is 33.9 Å². The summed E-state index contributed by atoms with van der Waals surface area (Å²) in [5.41, 5.74) is 3.95. The molecule has 2 atom stereocenters. The van der Waals surface area contributed by atoms with Gasteiger partial charge in [-0.3, -0.25) is 9.59 Å². The first-order valence-corrected chi connectivity index (χ1v) is 20.9. The van der Waals surface area contributed by atoms with Crippen LogP contribution in [0.15, 0.2) is 58.4 Å². The molecule has 6 heterocycles. The highest BCUT2D eigenvalue weighted by atomic mass is 16.5. The third-order valence-corrected chi connectivity index (χ3v) is 12.2. The van der Waals surface area contributed by atoms with E-state index < -0.39 is 22.8 Å². The molecule has 320 valence electrons. The first-order valence-electron chi connectivity index (χ1n) is 20.9. The van der Waals surface area contributed by atoms with Gasteiger partial charge in [0.1, 0.15) is 11.1 Å². The van der Waals surface area contributed by atoms with Crippen LogP contribution in [-0.2, 0) is 22.3 Å². The number of carboxylic acid groups (broad SMARTS) is 2. The average Bonchev–Trinajstić information content (AvgIpc) is 3.26. The molecule has 2 N–H and O–H groups in total. The van der Waals surface area contributed by atoms with Crippen molar-refractivity contribution in [3.05, 3.63) is 91.5 Å². The third kappa shape index (κ3) is 8.95. The maximum atomic E-state index is 12.4. The number of carbonyl (C=O) groups is 2. The predicted molar refractivity (Wildman–Crippen MR) is 223 cm³/mol. The molecule has 0 saturated carbocycles. The second-order valence-corrected chi connectivity index (χ2v) is 15.9. The molecule has 4 aliphatic heterocycles. The van der Waals surface area contributed by atoms with Crippen LogP contribution in [0.25, 0.3) is 22.5 Å². The Morgan fingerprint density at radius 3 is 1.33 bits per heavy atom. The lowest BCUT2D eigenvalue weighted by Gasteiger charge is -2.31. The molecule has 2 saturated heterocycles. The van der Waals surface area contributed by atoms with Gasteiger partial charge in [0.25, 0.3) is 0 Å². The van der Waals surface area contributed by atoms with Crippen molar-refractivity contribution in [1.29, 1.82) is 0 Å².